The maximum absolute atomic E-state index is 12.4. The SMILES string of the molecule is CC(CCS(C)=O)NC1CC(=O)N(c2ccccc2)C1=O. The summed E-state index contributed by atoms with van der Waals surface area (Å²) < 4.78 is 11.1. The summed E-state index contributed by atoms with van der Waals surface area (Å²) in [5, 5.41) is 3.17. The maximum Gasteiger partial charge on any atom is 0.251 e. The van der Waals surface area contributed by atoms with Crippen LogP contribution in [0.3, 0.4) is 0 Å². The van der Waals surface area contributed by atoms with Crippen LogP contribution in [-0.4, -0.2) is 40.1 Å². The molecule has 0 bridgehead atoms. The van der Waals surface area contributed by atoms with E-state index in [1.807, 2.05) is 13.0 Å². The van der Waals surface area contributed by atoms with Crippen molar-refractivity contribution in [2.45, 2.75) is 31.8 Å². The first-order chi connectivity index (χ1) is 9.99. The minimum atomic E-state index is -0.844. The summed E-state index contributed by atoms with van der Waals surface area (Å²) in [6.07, 6.45) is 2.55. The molecule has 0 aromatic heterocycles. The molecule has 1 aliphatic heterocycles. The lowest BCUT2D eigenvalue weighted by Gasteiger charge is -2.18. The molecule has 114 valence electrons. The maximum atomic E-state index is 12.4. The second kappa shape index (κ2) is 6.95. The normalized spacial score (nSPS) is 21.6. The van der Waals surface area contributed by atoms with Crippen LogP contribution in [0, 0.1) is 0 Å². The monoisotopic (exact) mass is 308 g/mol. The summed E-state index contributed by atoms with van der Waals surface area (Å²) in [4.78, 5) is 25.7. The van der Waals surface area contributed by atoms with Gasteiger partial charge in [0.05, 0.1) is 18.2 Å². The van der Waals surface area contributed by atoms with E-state index < -0.39 is 16.8 Å². The van der Waals surface area contributed by atoms with Crippen LogP contribution in [0.5, 0.6) is 0 Å². The van der Waals surface area contributed by atoms with Gasteiger partial charge in [-0.05, 0) is 25.5 Å². The van der Waals surface area contributed by atoms with Crippen molar-refractivity contribution in [3.63, 3.8) is 0 Å². The van der Waals surface area contributed by atoms with Crippen LogP contribution in [0.4, 0.5) is 5.69 Å². The number of nitrogens with zero attached hydrogens (tertiary/aromatic N) is 1. The van der Waals surface area contributed by atoms with Gasteiger partial charge in [0, 0.05) is 28.9 Å². The fraction of sp³-hybridized carbons (Fsp3) is 0.467. The Morgan fingerprint density at radius 3 is 2.62 bits per heavy atom. The third-order valence-corrected chi connectivity index (χ3v) is 4.30. The number of anilines is 1. The number of amides is 2. The van der Waals surface area contributed by atoms with Gasteiger partial charge >= 0.3 is 0 Å². The average Bonchev–Trinajstić information content (AvgIpc) is 2.72. The molecule has 1 aliphatic rings. The van der Waals surface area contributed by atoms with Crippen LogP contribution in [-0.2, 0) is 20.4 Å². The quantitative estimate of drug-likeness (QED) is 0.798. The zero-order valence-corrected chi connectivity index (χ0v) is 13.1. The van der Waals surface area contributed by atoms with Crippen LogP contribution in [0.25, 0.3) is 0 Å². The smallest absolute Gasteiger partial charge is 0.251 e. The first kappa shape index (κ1) is 15.9. The van der Waals surface area contributed by atoms with E-state index >= 15 is 0 Å². The Kier molecular flexibility index (Phi) is 5.25. The minimum absolute atomic E-state index is 0.0476. The van der Waals surface area contributed by atoms with Gasteiger partial charge in [-0.25, -0.2) is 4.90 Å². The third-order valence-electron chi connectivity index (χ3n) is 3.49. The molecular formula is C15H20N2O3S. The van der Waals surface area contributed by atoms with Gasteiger partial charge in [0.2, 0.25) is 5.91 Å². The molecule has 2 rings (SSSR count). The van der Waals surface area contributed by atoms with E-state index in [9.17, 15) is 13.8 Å². The van der Waals surface area contributed by atoms with Gasteiger partial charge in [-0.1, -0.05) is 18.2 Å². The molecule has 3 unspecified atom stereocenters. The number of rotatable bonds is 6. The van der Waals surface area contributed by atoms with E-state index in [0.717, 1.165) is 0 Å². The van der Waals surface area contributed by atoms with E-state index in [2.05, 4.69) is 5.32 Å². The molecule has 1 aromatic carbocycles. The van der Waals surface area contributed by atoms with E-state index in [-0.39, 0.29) is 24.3 Å². The van der Waals surface area contributed by atoms with Gasteiger partial charge < -0.3 is 5.32 Å². The number of carbonyl (C=O) groups excluding carboxylic acids is 2. The predicted octanol–water partition coefficient (Wildman–Crippen LogP) is 1.07. The second-order valence-corrected chi connectivity index (χ2v) is 6.85. The fourth-order valence-electron chi connectivity index (χ4n) is 2.38. The molecule has 0 aliphatic carbocycles. The number of benzene rings is 1. The van der Waals surface area contributed by atoms with Crippen LogP contribution in [0.15, 0.2) is 30.3 Å². The molecule has 0 spiro atoms. The topological polar surface area (TPSA) is 66.5 Å². The molecule has 1 aromatic rings. The number of hydrogen-bond acceptors (Lipinski definition) is 4. The molecule has 21 heavy (non-hydrogen) atoms. The molecule has 1 heterocycles. The number of nitrogens with one attached hydrogen (secondary N) is 1. The minimum Gasteiger partial charge on any atom is -0.303 e. The summed E-state index contributed by atoms with van der Waals surface area (Å²) >= 11 is 0. The zero-order valence-electron chi connectivity index (χ0n) is 12.2. The molecule has 1 N–H and O–H groups in total. The Balaban J connectivity index is 2.00. The van der Waals surface area contributed by atoms with Gasteiger partial charge in [-0.3, -0.25) is 13.8 Å². The lowest BCUT2D eigenvalue weighted by molar-refractivity contribution is -0.121. The lowest BCUT2D eigenvalue weighted by atomic mass is 10.2. The van der Waals surface area contributed by atoms with Crippen LogP contribution >= 0.6 is 0 Å². The van der Waals surface area contributed by atoms with E-state index in [4.69, 9.17) is 0 Å². The van der Waals surface area contributed by atoms with Crippen LogP contribution < -0.4 is 10.2 Å². The zero-order chi connectivity index (χ0) is 15.4. The molecule has 3 atom stereocenters. The highest BCUT2D eigenvalue weighted by atomic mass is 32.2. The van der Waals surface area contributed by atoms with E-state index in [0.29, 0.717) is 17.9 Å². The molecular weight excluding hydrogens is 288 g/mol. The van der Waals surface area contributed by atoms with Crippen LogP contribution in [0.2, 0.25) is 0 Å². The number of imide groups is 1. The van der Waals surface area contributed by atoms with Crippen molar-refractivity contribution in [1.29, 1.82) is 0 Å². The summed E-state index contributed by atoms with van der Waals surface area (Å²) in [5.41, 5.74) is 0.610. The average molecular weight is 308 g/mol. The Morgan fingerprint density at radius 2 is 2.00 bits per heavy atom. The second-order valence-electron chi connectivity index (χ2n) is 5.29. The van der Waals surface area contributed by atoms with Crippen molar-refractivity contribution in [1.82, 2.24) is 5.32 Å². The molecule has 0 saturated carbocycles. The first-order valence-corrected chi connectivity index (χ1v) is 8.69. The number of para-hydroxylation sites is 1. The summed E-state index contributed by atoms with van der Waals surface area (Å²) in [6, 6.07) is 8.51. The van der Waals surface area contributed by atoms with Crippen molar-refractivity contribution in [2.75, 3.05) is 16.9 Å². The van der Waals surface area contributed by atoms with Crippen molar-refractivity contribution >= 4 is 28.3 Å². The molecule has 2 amide bonds. The molecule has 1 saturated heterocycles. The molecule has 6 heteroatoms. The largest absolute Gasteiger partial charge is 0.303 e. The Morgan fingerprint density at radius 1 is 1.33 bits per heavy atom. The predicted molar refractivity (Wildman–Crippen MR) is 83.5 cm³/mol. The summed E-state index contributed by atoms with van der Waals surface area (Å²) in [5.74, 6) is 0.191. The fourth-order valence-corrected chi connectivity index (χ4v) is 3.07. The van der Waals surface area contributed by atoms with Crippen molar-refractivity contribution in [3.8, 4) is 0 Å². The van der Waals surface area contributed by atoms with Gasteiger partial charge in [0.25, 0.3) is 5.91 Å². The lowest BCUT2D eigenvalue weighted by Crippen LogP contribution is -2.43. The Labute approximate surface area is 127 Å². The summed E-state index contributed by atoms with van der Waals surface area (Å²) in [6.45, 7) is 1.94. The number of carbonyl (C=O) groups is 2. The van der Waals surface area contributed by atoms with Crippen molar-refractivity contribution in [2.24, 2.45) is 0 Å². The highest BCUT2D eigenvalue weighted by Gasteiger charge is 2.39. The van der Waals surface area contributed by atoms with E-state index in [1.54, 1.807) is 30.5 Å². The molecule has 5 nitrogen and oxygen atoms in total. The van der Waals surface area contributed by atoms with Gasteiger partial charge in [0.1, 0.15) is 0 Å². The molecule has 1 fully saturated rings. The van der Waals surface area contributed by atoms with Gasteiger partial charge in [0.15, 0.2) is 0 Å². The number of hydrogen-bond donors (Lipinski definition) is 1. The first-order valence-electron chi connectivity index (χ1n) is 6.97. The van der Waals surface area contributed by atoms with Crippen molar-refractivity contribution in [3.05, 3.63) is 30.3 Å². The standard InChI is InChI=1S/C15H20N2O3S/c1-11(8-9-21(2)20)16-13-10-14(18)17(15(13)19)12-6-4-3-5-7-12/h3-7,11,13,16H,8-10H2,1-2H3. The Bertz CT molecular complexity index is 547. The van der Waals surface area contributed by atoms with E-state index in [1.165, 1.54) is 4.90 Å². The highest BCUT2D eigenvalue weighted by molar-refractivity contribution is 7.84. The summed E-state index contributed by atoms with van der Waals surface area (Å²) in [7, 11) is -0.844. The highest BCUT2D eigenvalue weighted by Crippen LogP contribution is 2.22. The van der Waals surface area contributed by atoms with Gasteiger partial charge in [-0.2, -0.15) is 0 Å². The van der Waals surface area contributed by atoms with Crippen LogP contribution in [0.1, 0.15) is 19.8 Å². The van der Waals surface area contributed by atoms with Crippen molar-refractivity contribution < 1.29 is 13.8 Å². The third kappa shape index (κ3) is 3.98. The van der Waals surface area contributed by atoms with Gasteiger partial charge in [-0.15, -0.1) is 0 Å². The molecule has 0 radical (unpaired) electrons. The Hall–Kier alpha value is -1.53.